The molecule has 19 nitrogen and oxygen atoms in total. The van der Waals surface area contributed by atoms with Gasteiger partial charge in [-0.05, 0) is 106 Å². The van der Waals surface area contributed by atoms with E-state index in [4.69, 9.17) is 63.3 Å². The highest BCUT2D eigenvalue weighted by atomic mass is 35.5. The molecule has 0 radical (unpaired) electrons. The van der Waals surface area contributed by atoms with E-state index in [0.29, 0.717) is 66.8 Å². The van der Waals surface area contributed by atoms with Crippen LogP contribution in [0.5, 0.6) is 0 Å². The van der Waals surface area contributed by atoms with Crippen molar-refractivity contribution in [1.82, 2.24) is 9.97 Å². The van der Waals surface area contributed by atoms with Crippen LogP contribution in [0.2, 0.25) is 0 Å². The van der Waals surface area contributed by atoms with Crippen LogP contribution < -0.4 is 0 Å². The smallest absolute Gasteiger partial charge is 0.217 e. The van der Waals surface area contributed by atoms with Gasteiger partial charge in [0.1, 0.15) is 37.5 Å². The standard InChI is InChI=1S/C14H8O2.C11H8O2.C10H6O2.2C9H5NO2.C8H3Cl2NO2.C7H3Cl3O2.C6H4O2.CH4/c15-13-9-5-1-2-6-10(9)14(16)12-8-4-3-7-11(12)13;1-7-6-10(12)8-4-2-3-5-9(8)11(7)13;11-9-5-6-10(12)8-4-2-1-3-7(8)9;11-8-1-2-9(12)7-5-10-4-3-6(7)8;11-7-3-4-8(12)9-6(7)2-1-5-10-9;1-3-4(2-11)8(13)6(10)5(9)7(3)12;1-2-3(8)7(12)5(10)4(9)6(2)11;7-5-1-2-6(8)4-3-5;/h1-8H;2-6H,1H3;1-6H;2*1-5H;1H3;1H3;1-4H;1H4. The lowest BCUT2D eigenvalue weighted by molar-refractivity contribution is -0.115. The molecule has 0 saturated heterocycles. The van der Waals surface area contributed by atoms with E-state index >= 15 is 0 Å². The molecule has 14 rings (SSSR count). The molecule has 2 aromatic heterocycles. The topological polar surface area (TPSA) is 323 Å². The molecule has 99 heavy (non-hydrogen) atoms. The number of rotatable bonds is 0. The number of hydrogen-bond donors (Lipinski definition) is 0. The van der Waals surface area contributed by atoms with Crippen molar-refractivity contribution in [2.45, 2.75) is 28.2 Å². The zero-order valence-corrected chi connectivity index (χ0v) is 54.6. The summed E-state index contributed by atoms with van der Waals surface area (Å²) >= 11 is 27.3. The number of fused-ring (bicyclic) bond motifs is 6. The van der Waals surface area contributed by atoms with Gasteiger partial charge in [-0.2, -0.15) is 5.26 Å². The fourth-order valence-electron chi connectivity index (χ4n) is 9.06. The van der Waals surface area contributed by atoms with Gasteiger partial charge in [0.25, 0.3) is 0 Å². The predicted molar refractivity (Wildman–Crippen MR) is 366 cm³/mol. The highest BCUT2D eigenvalue weighted by Gasteiger charge is 2.33. The molecule has 24 heteroatoms. The molecular weight excluding hydrogens is 1380 g/mol. The Bertz CT molecular complexity index is 4500. The van der Waals surface area contributed by atoms with Crippen LogP contribution in [-0.4, -0.2) is 102 Å². The Morgan fingerprint density at radius 2 is 0.646 bits per heavy atom. The lowest BCUT2D eigenvalue weighted by atomic mass is 9.84. The average molecular weight is 1420 g/mol. The van der Waals surface area contributed by atoms with Crippen molar-refractivity contribution in [3.05, 3.63) is 315 Å². The number of pyridine rings is 2. The highest BCUT2D eigenvalue weighted by Crippen LogP contribution is 2.32. The Hall–Kier alpha value is -11.8. The summed E-state index contributed by atoms with van der Waals surface area (Å²) in [5, 5.41) is 7.12. The summed E-state index contributed by atoms with van der Waals surface area (Å²) in [7, 11) is 0. The van der Waals surface area contributed by atoms with E-state index in [0.717, 1.165) is 0 Å². The molecule has 0 bridgehead atoms. The third kappa shape index (κ3) is 17.8. The normalized spacial score (nSPS) is 15.6. The first-order chi connectivity index (χ1) is 46.6. The van der Waals surface area contributed by atoms with Gasteiger partial charge in [-0.3, -0.25) is 86.7 Å². The van der Waals surface area contributed by atoms with Crippen LogP contribution in [-0.2, 0) is 28.8 Å². The largest absolute Gasteiger partial charge is 0.290 e. The third-order valence-corrected chi connectivity index (χ3v) is 16.3. The Morgan fingerprint density at radius 1 is 0.313 bits per heavy atom. The maximum Gasteiger partial charge on any atom is 0.217 e. The summed E-state index contributed by atoms with van der Waals surface area (Å²) in [5.41, 5.74) is 6.01. The number of nitrogens with zero attached hydrogens (tertiary/aromatic N) is 3. The summed E-state index contributed by atoms with van der Waals surface area (Å²) in [6, 6.07) is 34.1. The second-order valence-electron chi connectivity index (χ2n) is 20.5. The molecule has 2 heterocycles. The van der Waals surface area contributed by atoms with Crippen LogP contribution in [0.15, 0.2) is 248 Å². The van der Waals surface area contributed by atoms with Gasteiger partial charge in [0.05, 0.1) is 16.2 Å². The molecule has 0 aliphatic heterocycles. The number of benzene rings is 4. The summed E-state index contributed by atoms with van der Waals surface area (Å²) < 4.78 is 0. The van der Waals surface area contributed by atoms with Crippen molar-refractivity contribution in [1.29, 1.82) is 5.26 Å². The van der Waals surface area contributed by atoms with Crippen molar-refractivity contribution in [3.63, 3.8) is 0 Å². The first-order valence-corrected chi connectivity index (χ1v) is 30.1. The van der Waals surface area contributed by atoms with Gasteiger partial charge in [-0.15, -0.1) is 0 Å². The Balaban J connectivity index is 0.000000179. The SMILES string of the molecule is C.CC1=C(C#N)C(=O)C(Cl)=C(Cl)C1=O.CC1=C(Cl)C(=O)C(Cl)=C(Cl)C1=O.CC1=CC(=O)c2ccccc2C1=O.O=C1C=CC(=O)C=C1.O=C1C=CC(=O)c2ccccc21.O=C1C=CC(=O)c2cnccc21.O=C1C=CC(=O)c2ncccc21.O=C1c2ccccc2C(=O)c2ccccc21. The minimum absolute atomic E-state index is 0. The second kappa shape index (κ2) is 34.3. The van der Waals surface area contributed by atoms with E-state index in [1.165, 1.54) is 99.3 Å². The maximum atomic E-state index is 12.1. The molecule has 4 aromatic carbocycles. The van der Waals surface area contributed by atoms with Crippen LogP contribution in [0.4, 0.5) is 0 Å². The van der Waals surface area contributed by atoms with Gasteiger partial charge >= 0.3 is 0 Å². The fourth-order valence-corrected chi connectivity index (χ4v) is 10.1. The molecule has 492 valence electrons. The fraction of sp³-hybridized carbons (Fsp3) is 0.0533. The molecule has 0 unspecified atom stereocenters. The molecule has 6 aromatic rings. The van der Waals surface area contributed by atoms with Gasteiger partial charge < -0.3 is 0 Å². The van der Waals surface area contributed by atoms with E-state index in [-0.39, 0.29) is 124 Å². The third-order valence-electron chi connectivity index (χ3n) is 14.2. The summed E-state index contributed by atoms with van der Waals surface area (Å²) in [6.07, 6.45) is 18.5. The molecule has 0 amide bonds. The predicted octanol–water partition coefficient (Wildman–Crippen LogP) is 13.0. The van der Waals surface area contributed by atoms with Gasteiger partial charge in [-0.1, -0.05) is 162 Å². The van der Waals surface area contributed by atoms with Gasteiger partial charge in [-0.25, -0.2) is 0 Å². The first-order valence-electron chi connectivity index (χ1n) is 28.2. The van der Waals surface area contributed by atoms with Crippen molar-refractivity contribution < 1.29 is 76.7 Å². The monoisotopic (exact) mass is 1420 g/mol. The zero-order chi connectivity index (χ0) is 71.8. The Labute approximate surface area is 588 Å². The molecule has 0 atom stereocenters. The first kappa shape index (κ1) is 76.3. The van der Waals surface area contributed by atoms with E-state index in [2.05, 4.69) is 9.97 Å². The lowest BCUT2D eigenvalue weighted by Crippen LogP contribution is -2.20. The highest BCUT2D eigenvalue weighted by molar-refractivity contribution is 6.64. The second-order valence-corrected chi connectivity index (χ2v) is 22.4. The lowest BCUT2D eigenvalue weighted by Gasteiger charge is -2.16. The average Bonchev–Trinajstić information content (AvgIpc) is 0.766. The van der Waals surface area contributed by atoms with E-state index < -0.39 is 23.1 Å². The molecular formula is C75H46Cl5N3O16. The van der Waals surface area contributed by atoms with Gasteiger partial charge in [0.15, 0.2) is 63.6 Å². The minimum Gasteiger partial charge on any atom is -0.290 e. The van der Waals surface area contributed by atoms with Crippen LogP contribution in [0.3, 0.4) is 0 Å². The number of allylic oxidation sites excluding steroid dienone is 20. The minimum atomic E-state index is -0.689. The number of aromatic nitrogens is 2. The van der Waals surface area contributed by atoms with Crippen LogP contribution in [0.25, 0.3) is 0 Å². The van der Waals surface area contributed by atoms with Crippen molar-refractivity contribution >= 4 is 151 Å². The number of hydrogen-bond acceptors (Lipinski definition) is 19. The summed E-state index contributed by atoms with van der Waals surface area (Å²) in [5.74, 6) is -3.67. The molecule has 8 aliphatic carbocycles. The molecule has 8 aliphatic rings. The number of halogens is 5. The number of ketones is 16. The quantitative estimate of drug-likeness (QED) is 0.127. The summed E-state index contributed by atoms with van der Waals surface area (Å²) in [4.78, 5) is 187. The van der Waals surface area contributed by atoms with Crippen molar-refractivity contribution in [2.24, 2.45) is 0 Å². The number of nitriles is 1. The molecule has 0 saturated carbocycles. The van der Waals surface area contributed by atoms with E-state index in [1.54, 1.807) is 128 Å². The van der Waals surface area contributed by atoms with Crippen molar-refractivity contribution in [2.75, 3.05) is 0 Å². The number of carbonyl (C=O) groups is 16. The maximum absolute atomic E-state index is 12.1. The van der Waals surface area contributed by atoms with E-state index in [1.807, 2.05) is 0 Å². The van der Waals surface area contributed by atoms with Crippen LogP contribution in [0.1, 0.15) is 143 Å². The molecule has 0 fully saturated rings. The van der Waals surface area contributed by atoms with Gasteiger partial charge in [0.2, 0.25) is 28.9 Å². The Morgan fingerprint density at radius 3 is 1.06 bits per heavy atom. The Kier molecular flexibility index (Phi) is 26.4. The van der Waals surface area contributed by atoms with Gasteiger partial charge in [0, 0.05) is 85.4 Å². The molecule has 0 spiro atoms. The molecule has 0 N–H and O–H groups in total. The number of Topliss-reactive ketones (excluding diaryl/α,β-unsaturated/α-hetero) is 5. The zero-order valence-electron chi connectivity index (χ0n) is 50.8. The van der Waals surface area contributed by atoms with Crippen molar-refractivity contribution in [3.8, 4) is 6.07 Å². The van der Waals surface area contributed by atoms with Crippen LogP contribution >= 0.6 is 58.0 Å². The summed E-state index contributed by atoms with van der Waals surface area (Å²) in [6.45, 7) is 4.45. The van der Waals surface area contributed by atoms with Crippen LogP contribution in [0, 0.1) is 11.3 Å². The number of carbonyl (C=O) groups excluding carboxylic acids is 16. The van der Waals surface area contributed by atoms with E-state index in [9.17, 15) is 76.7 Å².